The zero-order valence-electron chi connectivity index (χ0n) is 4.64. The van der Waals surface area contributed by atoms with E-state index in [1.807, 2.05) is 0 Å². The van der Waals surface area contributed by atoms with E-state index in [0.717, 1.165) is 0 Å². The third-order valence-electron chi connectivity index (χ3n) is 0.589. The number of nitrogens with one attached hydrogen (secondary N) is 1. The van der Waals surface area contributed by atoms with E-state index in [1.54, 1.807) is 0 Å². The monoisotopic (exact) mass is 222 g/mol. The summed E-state index contributed by atoms with van der Waals surface area (Å²) < 4.78 is -1.82. The van der Waals surface area contributed by atoms with Crippen molar-refractivity contribution in [2.75, 3.05) is 0 Å². The van der Waals surface area contributed by atoms with Crippen LogP contribution in [0, 0.1) is 0 Å². The van der Waals surface area contributed by atoms with Crippen LogP contribution in [0.3, 0.4) is 0 Å². The lowest BCUT2D eigenvalue weighted by Crippen LogP contribution is -2.45. The van der Waals surface area contributed by atoms with Gasteiger partial charge in [0.25, 0.3) is 0 Å². The predicted molar refractivity (Wildman–Crippen MR) is 46.2 cm³/mol. The molecule has 0 aromatic heterocycles. The molecule has 0 radical (unpaired) electrons. The lowest BCUT2D eigenvalue weighted by atomic mass is 10.6. The van der Waals surface area contributed by atoms with Crippen LogP contribution in [0.2, 0.25) is 0 Å². The summed E-state index contributed by atoms with van der Waals surface area (Å²) in [6.07, 6.45) is -1.38. The van der Waals surface area contributed by atoms with Crippen LogP contribution < -0.4 is 11.1 Å². The molecule has 7 heteroatoms. The standard InChI is InChI=1S/C3H5Cl3N2OS/c4-3(5,6)1(9)8-2(7)10/h1,9H,(H3,7,8,10). The fraction of sp³-hybridized carbons (Fsp3) is 0.667. The maximum atomic E-state index is 8.88. The van der Waals surface area contributed by atoms with Crippen LogP contribution >= 0.6 is 47.0 Å². The number of aliphatic hydroxyl groups excluding tert-OH is 1. The van der Waals surface area contributed by atoms with Crippen molar-refractivity contribution in [3.05, 3.63) is 0 Å². The molecular weight excluding hydrogens is 218 g/mol. The smallest absolute Gasteiger partial charge is 0.234 e. The highest BCUT2D eigenvalue weighted by molar-refractivity contribution is 7.80. The maximum absolute atomic E-state index is 8.88. The molecule has 0 bridgehead atoms. The Hall–Kier alpha value is 0.520. The van der Waals surface area contributed by atoms with Crippen LogP contribution in [0.25, 0.3) is 0 Å². The van der Waals surface area contributed by atoms with Crippen molar-refractivity contribution >= 4 is 52.1 Å². The molecule has 0 spiro atoms. The average molecular weight is 224 g/mol. The highest BCUT2D eigenvalue weighted by atomic mass is 35.6. The Labute approximate surface area is 78.4 Å². The van der Waals surface area contributed by atoms with Crippen molar-refractivity contribution in [3.8, 4) is 0 Å². The van der Waals surface area contributed by atoms with Gasteiger partial charge in [0.05, 0.1) is 0 Å². The molecule has 0 aliphatic heterocycles. The van der Waals surface area contributed by atoms with Crippen molar-refractivity contribution in [3.63, 3.8) is 0 Å². The SMILES string of the molecule is NC(=S)NC(O)C(Cl)(Cl)Cl. The Bertz CT molecular complexity index is 136. The van der Waals surface area contributed by atoms with E-state index in [1.165, 1.54) is 0 Å². The normalized spacial score (nSPS) is 14.4. The third-order valence-corrected chi connectivity index (χ3v) is 1.33. The molecule has 0 amide bonds. The Morgan fingerprint density at radius 2 is 2.00 bits per heavy atom. The van der Waals surface area contributed by atoms with Gasteiger partial charge in [0.2, 0.25) is 3.79 Å². The third kappa shape index (κ3) is 4.35. The fourth-order valence-corrected chi connectivity index (χ4v) is 0.492. The van der Waals surface area contributed by atoms with Crippen molar-refractivity contribution in [1.82, 2.24) is 5.32 Å². The molecule has 0 rings (SSSR count). The molecule has 4 N–H and O–H groups in total. The predicted octanol–water partition coefficient (Wildman–Crippen LogP) is 0.508. The lowest BCUT2D eigenvalue weighted by molar-refractivity contribution is 0.164. The first-order valence-electron chi connectivity index (χ1n) is 2.15. The molecule has 0 aromatic carbocycles. The summed E-state index contributed by atoms with van der Waals surface area (Å²) in [7, 11) is 0. The van der Waals surface area contributed by atoms with Gasteiger partial charge in [-0.2, -0.15) is 0 Å². The summed E-state index contributed by atoms with van der Waals surface area (Å²) in [5, 5.41) is 10.9. The second-order valence-electron chi connectivity index (χ2n) is 1.45. The van der Waals surface area contributed by atoms with Crippen molar-refractivity contribution in [2.24, 2.45) is 5.73 Å². The van der Waals surface area contributed by atoms with Gasteiger partial charge in [-0.25, -0.2) is 0 Å². The van der Waals surface area contributed by atoms with Crippen LogP contribution in [0.4, 0.5) is 0 Å². The molecule has 0 aromatic rings. The zero-order chi connectivity index (χ0) is 8.36. The largest absolute Gasteiger partial charge is 0.376 e. The van der Waals surface area contributed by atoms with Gasteiger partial charge in [-0.15, -0.1) is 0 Å². The van der Waals surface area contributed by atoms with Crippen LogP contribution in [0.5, 0.6) is 0 Å². The highest BCUT2D eigenvalue weighted by Crippen LogP contribution is 2.28. The maximum Gasteiger partial charge on any atom is 0.234 e. The molecule has 0 aliphatic carbocycles. The fourth-order valence-electron chi connectivity index (χ4n) is 0.217. The van der Waals surface area contributed by atoms with E-state index in [-0.39, 0.29) is 5.11 Å². The van der Waals surface area contributed by atoms with Gasteiger partial charge >= 0.3 is 0 Å². The number of thiocarbonyl (C=S) groups is 1. The second-order valence-corrected chi connectivity index (χ2v) is 4.26. The first-order valence-corrected chi connectivity index (χ1v) is 3.69. The number of nitrogens with two attached hydrogens (primary N) is 1. The van der Waals surface area contributed by atoms with E-state index < -0.39 is 10.0 Å². The number of halogens is 3. The minimum Gasteiger partial charge on any atom is -0.376 e. The van der Waals surface area contributed by atoms with Gasteiger partial charge in [-0.3, -0.25) is 0 Å². The van der Waals surface area contributed by atoms with Gasteiger partial charge in [-0.05, 0) is 12.2 Å². The molecule has 1 atom stereocenters. The number of hydrogen-bond donors (Lipinski definition) is 3. The highest BCUT2D eigenvalue weighted by Gasteiger charge is 2.30. The summed E-state index contributed by atoms with van der Waals surface area (Å²) in [6.45, 7) is 0. The number of aliphatic hydroxyl groups is 1. The molecule has 0 heterocycles. The molecule has 0 aliphatic rings. The molecule has 0 saturated carbocycles. The first-order chi connectivity index (χ1) is 4.34. The van der Waals surface area contributed by atoms with Crippen molar-refractivity contribution in [2.45, 2.75) is 10.0 Å². The van der Waals surface area contributed by atoms with Gasteiger partial charge in [0.1, 0.15) is 0 Å². The Kier molecular flexibility index (Phi) is 3.98. The molecule has 60 valence electrons. The van der Waals surface area contributed by atoms with E-state index in [9.17, 15) is 0 Å². The van der Waals surface area contributed by atoms with Gasteiger partial charge in [0, 0.05) is 0 Å². The minimum atomic E-state index is -1.82. The quantitative estimate of drug-likeness (QED) is 0.344. The summed E-state index contributed by atoms with van der Waals surface area (Å²) in [5.74, 6) is 0. The molecule has 3 nitrogen and oxygen atoms in total. The minimum absolute atomic E-state index is 0.126. The van der Waals surface area contributed by atoms with Crippen LogP contribution in [0.15, 0.2) is 0 Å². The van der Waals surface area contributed by atoms with E-state index >= 15 is 0 Å². The Morgan fingerprint density at radius 3 is 2.10 bits per heavy atom. The van der Waals surface area contributed by atoms with E-state index in [2.05, 4.69) is 17.5 Å². The first kappa shape index (κ1) is 10.5. The van der Waals surface area contributed by atoms with Crippen molar-refractivity contribution in [1.29, 1.82) is 0 Å². The molecular formula is C3H5Cl3N2OS. The van der Waals surface area contributed by atoms with Crippen LogP contribution in [-0.2, 0) is 0 Å². The Balaban J connectivity index is 3.85. The van der Waals surface area contributed by atoms with E-state index in [0.29, 0.717) is 0 Å². The lowest BCUT2D eigenvalue weighted by Gasteiger charge is -2.19. The summed E-state index contributed by atoms with van der Waals surface area (Å²) in [6, 6.07) is 0. The van der Waals surface area contributed by atoms with E-state index in [4.69, 9.17) is 45.6 Å². The number of alkyl halides is 3. The molecule has 0 saturated heterocycles. The topological polar surface area (TPSA) is 58.3 Å². The summed E-state index contributed by atoms with van der Waals surface area (Å²) in [5.41, 5.74) is 4.97. The number of rotatable bonds is 1. The van der Waals surface area contributed by atoms with Crippen LogP contribution in [-0.4, -0.2) is 20.2 Å². The second kappa shape index (κ2) is 3.78. The van der Waals surface area contributed by atoms with Gasteiger partial charge in [0.15, 0.2) is 11.3 Å². The molecule has 0 fully saturated rings. The number of hydrogen-bond acceptors (Lipinski definition) is 2. The van der Waals surface area contributed by atoms with Gasteiger partial charge < -0.3 is 16.2 Å². The van der Waals surface area contributed by atoms with Crippen LogP contribution in [0.1, 0.15) is 0 Å². The average Bonchev–Trinajstić information content (AvgIpc) is 1.60. The summed E-state index contributed by atoms with van der Waals surface area (Å²) >= 11 is 20.1. The summed E-state index contributed by atoms with van der Waals surface area (Å²) in [4.78, 5) is 0. The van der Waals surface area contributed by atoms with Gasteiger partial charge in [-0.1, -0.05) is 34.8 Å². The molecule has 1 unspecified atom stereocenters. The molecule has 10 heavy (non-hydrogen) atoms. The Morgan fingerprint density at radius 1 is 1.60 bits per heavy atom. The zero-order valence-corrected chi connectivity index (χ0v) is 7.73. The van der Waals surface area contributed by atoms with Crippen molar-refractivity contribution < 1.29 is 5.11 Å².